The van der Waals surface area contributed by atoms with Crippen molar-refractivity contribution in [3.8, 4) is 0 Å². The predicted molar refractivity (Wildman–Crippen MR) is 65.9 cm³/mol. The van der Waals surface area contributed by atoms with E-state index in [0.29, 0.717) is 0 Å². The molecule has 1 aromatic rings. The zero-order valence-electron chi connectivity index (χ0n) is 9.84. The Labute approximate surface area is 109 Å². The van der Waals surface area contributed by atoms with Crippen molar-refractivity contribution < 1.29 is 19.7 Å². The molecular weight excluding hydrogens is 260 g/mol. The van der Waals surface area contributed by atoms with Gasteiger partial charge < -0.3 is 20.7 Å². The lowest BCUT2D eigenvalue weighted by Gasteiger charge is -2.18. The van der Waals surface area contributed by atoms with Crippen molar-refractivity contribution in [2.45, 2.75) is 25.6 Å². The summed E-state index contributed by atoms with van der Waals surface area (Å²) in [5.41, 5.74) is 6.06. The lowest BCUT2D eigenvalue weighted by molar-refractivity contribution is -0.147. The van der Waals surface area contributed by atoms with Gasteiger partial charge in [-0.05, 0) is 13.0 Å². The number of rotatable bonds is 5. The number of nitrogens with zero attached hydrogens (tertiary/aromatic N) is 1. The van der Waals surface area contributed by atoms with Gasteiger partial charge in [0.15, 0.2) is 0 Å². The molecule has 0 radical (unpaired) electrons. The molecule has 6 nitrogen and oxygen atoms in total. The van der Waals surface area contributed by atoms with Crippen LogP contribution in [0.15, 0.2) is 12.3 Å². The molecule has 0 aliphatic carbocycles. The second-order valence-electron chi connectivity index (χ2n) is 3.66. The standard InChI is InChI=1S/C11H15ClN2O4/c1-2-18-10(16)4-8(15)11(17)6-5-14-9(12)3-7(6)13/h3,5,8,11,15,17H,2,4H2,1H3,(H2,13,14). The number of hydrogen-bond donors (Lipinski definition) is 3. The van der Waals surface area contributed by atoms with E-state index < -0.39 is 18.2 Å². The monoisotopic (exact) mass is 274 g/mol. The summed E-state index contributed by atoms with van der Waals surface area (Å²) in [6, 6.07) is 1.36. The minimum atomic E-state index is -1.32. The van der Waals surface area contributed by atoms with Gasteiger partial charge in [-0.25, -0.2) is 4.98 Å². The normalized spacial score (nSPS) is 14.0. The van der Waals surface area contributed by atoms with Crippen LogP contribution >= 0.6 is 11.6 Å². The Morgan fingerprint density at radius 3 is 2.83 bits per heavy atom. The van der Waals surface area contributed by atoms with Gasteiger partial charge in [0.05, 0.1) is 19.1 Å². The Morgan fingerprint density at radius 2 is 2.28 bits per heavy atom. The maximum atomic E-state index is 11.2. The SMILES string of the molecule is CCOC(=O)CC(O)C(O)c1cnc(Cl)cc1N. The summed E-state index contributed by atoms with van der Waals surface area (Å²) >= 11 is 5.62. The van der Waals surface area contributed by atoms with E-state index in [1.165, 1.54) is 12.3 Å². The molecule has 0 saturated carbocycles. The van der Waals surface area contributed by atoms with Crippen LogP contribution in [-0.4, -0.2) is 33.9 Å². The van der Waals surface area contributed by atoms with Crippen LogP contribution < -0.4 is 5.73 Å². The van der Waals surface area contributed by atoms with E-state index in [9.17, 15) is 15.0 Å². The third-order valence-electron chi connectivity index (χ3n) is 2.30. The van der Waals surface area contributed by atoms with Crippen LogP contribution in [0.5, 0.6) is 0 Å². The van der Waals surface area contributed by atoms with Crippen molar-refractivity contribution in [2.24, 2.45) is 0 Å². The van der Waals surface area contributed by atoms with Gasteiger partial charge in [-0.3, -0.25) is 4.79 Å². The molecule has 7 heteroatoms. The Hall–Kier alpha value is -1.37. The molecule has 18 heavy (non-hydrogen) atoms. The fourth-order valence-electron chi connectivity index (χ4n) is 1.41. The first-order valence-electron chi connectivity index (χ1n) is 5.38. The minimum absolute atomic E-state index is 0.184. The van der Waals surface area contributed by atoms with Gasteiger partial charge in [0.2, 0.25) is 0 Å². The Balaban J connectivity index is 2.73. The third kappa shape index (κ3) is 3.83. The predicted octanol–water partition coefficient (Wildman–Crippen LogP) is 0.665. The van der Waals surface area contributed by atoms with Crippen LogP contribution in [-0.2, 0) is 9.53 Å². The molecule has 0 fully saturated rings. The second-order valence-corrected chi connectivity index (χ2v) is 4.04. The van der Waals surface area contributed by atoms with Crippen molar-refractivity contribution in [1.82, 2.24) is 4.98 Å². The fourth-order valence-corrected chi connectivity index (χ4v) is 1.58. The topological polar surface area (TPSA) is 106 Å². The minimum Gasteiger partial charge on any atom is -0.466 e. The molecule has 1 aromatic heterocycles. The Bertz CT molecular complexity index is 428. The summed E-state index contributed by atoms with van der Waals surface area (Å²) in [5, 5.41) is 19.7. The maximum Gasteiger partial charge on any atom is 0.308 e. The Morgan fingerprint density at radius 1 is 1.61 bits per heavy atom. The zero-order valence-corrected chi connectivity index (χ0v) is 10.6. The number of esters is 1. The average Bonchev–Trinajstić information content (AvgIpc) is 2.28. The van der Waals surface area contributed by atoms with E-state index in [-0.39, 0.29) is 29.4 Å². The van der Waals surface area contributed by atoms with E-state index in [0.717, 1.165) is 0 Å². The number of nitrogens with two attached hydrogens (primary N) is 1. The van der Waals surface area contributed by atoms with Gasteiger partial charge in [0, 0.05) is 17.4 Å². The molecule has 2 atom stereocenters. The smallest absolute Gasteiger partial charge is 0.308 e. The highest BCUT2D eigenvalue weighted by molar-refractivity contribution is 6.29. The van der Waals surface area contributed by atoms with Crippen molar-refractivity contribution in [2.75, 3.05) is 12.3 Å². The third-order valence-corrected chi connectivity index (χ3v) is 2.51. The second kappa shape index (κ2) is 6.53. The molecule has 0 aliphatic rings. The van der Waals surface area contributed by atoms with E-state index in [2.05, 4.69) is 9.72 Å². The Kier molecular flexibility index (Phi) is 5.33. The van der Waals surface area contributed by atoms with Gasteiger partial charge in [-0.15, -0.1) is 0 Å². The number of nitrogen functional groups attached to an aromatic ring is 1. The molecule has 0 saturated heterocycles. The first kappa shape index (κ1) is 14.7. The molecule has 1 rings (SSSR count). The highest BCUT2D eigenvalue weighted by Gasteiger charge is 2.24. The molecule has 0 spiro atoms. The number of carbonyl (C=O) groups is 1. The van der Waals surface area contributed by atoms with Crippen LogP contribution in [0.25, 0.3) is 0 Å². The molecule has 100 valence electrons. The fraction of sp³-hybridized carbons (Fsp3) is 0.455. The largest absolute Gasteiger partial charge is 0.466 e. The summed E-state index contributed by atoms with van der Waals surface area (Å²) in [4.78, 5) is 14.9. The molecule has 0 amide bonds. The molecular formula is C11H15ClN2O4. The molecule has 2 unspecified atom stereocenters. The average molecular weight is 275 g/mol. The summed E-state index contributed by atoms with van der Waals surface area (Å²) in [6.07, 6.45) is -1.69. The number of ether oxygens (including phenoxy) is 1. The number of anilines is 1. The first-order valence-corrected chi connectivity index (χ1v) is 5.76. The lowest BCUT2D eigenvalue weighted by Crippen LogP contribution is -2.24. The van der Waals surface area contributed by atoms with Crippen LogP contribution in [0.3, 0.4) is 0 Å². The number of aromatic nitrogens is 1. The molecule has 4 N–H and O–H groups in total. The quantitative estimate of drug-likeness (QED) is 0.538. The van der Waals surface area contributed by atoms with E-state index in [1.54, 1.807) is 6.92 Å². The first-order chi connectivity index (χ1) is 8.45. The van der Waals surface area contributed by atoms with Crippen LogP contribution in [0.1, 0.15) is 25.0 Å². The number of carbonyl (C=O) groups excluding carboxylic acids is 1. The van der Waals surface area contributed by atoms with Crippen LogP contribution in [0.2, 0.25) is 5.15 Å². The summed E-state index contributed by atoms with van der Waals surface area (Å²) in [5.74, 6) is -0.593. The van der Waals surface area contributed by atoms with Gasteiger partial charge in [-0.2, -0.15) is 0 Å². The van der Waals surface area contributed by atoms with Crippen LogP contribution in [0.4, 0.5) is 5.69 Å². The number of aliphatic hydroxyl groups excluding tert-OH is 2. The summed E-state index contributed by atoms with van der Waals surface area (Å²) in [6.45, 7) is 1.87. The molecule has 0 aromatic carbocycles. The molecule has 1 heterocycles. The number of pyridine rings is 1. The lowest BCUT2D eigenvalue weighted by atomic mass is 10.0. The number of halogens is 1. The van der Waals surface area contributed by atoms with Crippen molar-refractivity contribution >= 4 is 23.3 Å². The van der Waals surface area contributed by atoms with E-state index in [4.69, 9.17) is 17.3 Å². The van der Waals surface area contributed by atoms with Crippen LogP contribution in [0, 0.1) is 0 Å². The van der Waals surface area contributed by atoms with Crippen molar-refractivity contribution in [3.63, 3.8) is 0 Å². The van der Waals surface area contributed by atoms with Gasteiger partial charge in [0.1, 0.15) is 11.3 Å². The number of hydrogen-bond acceptors (Lipinski definition) is 6. The highest BCUT2D eigenvalue weighted by Crippen LogP contribution is 2.25. The van der Waals surface area contributed by atoms with Gasteiger partial charge >= 0.3 is 5.97 Å². The molecule has 0 bridgehead atoms. The van der Waals surface area contributed by atoms with Gasteiger partial charge in [0.25, 0.3) is 0 Å². The van der Waals surface area contributed by atoms with E-state index >= 15 is 0 Å². The van der Waals surface area contributed by atoms with Crippen molar-refractivity contribution in [1.29, 1.82) is 0 Å². The van der Waals surface area contributed by atoms with Gasteiger partial charge in [-0.1, -0.05) is 11.6 Å². The zero-order chi connectivity index (χ0) is 13.7. The van der Waals surface area contributed by atoms with Crippen molar-refractivity contribution in [3.05, 3.63) is 23.0 Å². The highest BCUT2D eigenvalue weighted by atomic mass is 35.5. The maximum absolute atomic E-state index is 11.2. The van der Waals surface area contributed by atoms with E-state index in [1.807, 2.05) is 0 Å². The number of aliphatic hydroxyl groups is 2. The summed E-state index contributed by atoms with van der Waals surface area (Å²) in [7, 11) is 0. The summed E-state index contributed by atoms with van der Waals surface area (Å²) < 4.78 is 4.67. The molecule has 0 aliphatic heterocycles.